The molecule has 1 saturated heterocycles. The first kappa shape index (κ1) is 14.8. The van der Waals surface area contributed by atoms with Crippen molar-refractivity contribution in [3.8, 4) is 0 Å². The van der Waals surface area contributed by atoms with E-state index in [1.165, 1.54) is 6.07 Å². The van der Waals surface area contributed by atoms with Gasteiger partial charge in [0, 0.05) is 23.2 Å². The standard InChI is InChI=1S/C14H17BrN2O3/c15-12-6-5-10(9-11(12)13(18)19)16-14(20)17-7-3-1-2-4-8-17/h5-6,9H,1-4,7-8H2,(H,16,20)(H,18,19). The van der Waals surface area contributed by atoms with E-state index in [2.05, 4.69) is 21.2 Å². The lowest BCUT2D eigenvalue weighted by atomic mass is 10.2. The van der Waals surface area contributed by atoms with Crippen molar-refractivity contribution in [1.29, 1.82) is 0 Å². The Bertz CT molecular complexity index is 511. The fourth-order valence-corrected chi connectivity index (χ4v) is 2.66. The normalized spacial score (nSPS) is 15.6. The van der Waals surface area contributed by atoms with Crippen molar-refractivity contribution in [3.05, 3.63) is 28.2 Å². The topological polar surface area (TPSA) is 69.6 Å². The zero-order valence-electron chi connectivity index (χ0n) is 11.1. The number of aromatic carboxylic acids is 1. The molecule has 0 atom stereocenters. The summed E-state index contributed by atoms with van der Waals surface area (Å²) >= 11 is 3.18. The van der Waals surface area contributed by atoms with Crippen molar-refractivity contribution >= 4 is 33.6 Å². The lowest BCUT2D eigenvalue weighted by molar-refractivity contribution is 0.0696. The Morgan fingerprint density at radius 1 is 1.15 bits per heavy atom. The first-order valence-electron chi connectivity index (χ1n) is 6.66. The second-order valence-corrected chi connectivity index (χ2v) is 5.69. The predicted octanol–water partition coefficient (Wildman–Crippen LogP) is 3.56. The minimum absolute atomic E-state index is 0.138. The van der Waals surface area contributed by atoms with Crippen molar-refractivity contribution in [1.82, 2.24) is 4.90 Å². The van der Waals surface area contributed by atoms with Gasteiger partial charge in [-0.1, -0.05) is 12.8 Å². The summed E-state index contributed by atoms with van der Waals surface area (Å²) in [5.74, 6) is -1.03. The second-order valence-electron chi connectivity index (χ2n) is 4.83. The summed E-state index contributed by atoms with van der Waals surface area (Å²) in [6, 6.07) is 4.61. The minimum Gasteiger partial charge on any atom is -0.478 e. The maximum atomic E-state index is 12.1. The molecule has 0 aromatic heterocycles. The van der Waals surface area contributed by atoms with Crippen molar-refractivity contribution in [2.45, 2.75) is 25.7 Å². The second kappa shape index (κ2) is 6.74. The minimum atomic E-state index is -1.03. The van der Waals surface area contributed by atoms with E-state index >= 15 is 0 Å². The van der Waals surface area contributed by atoms with Crippen molar-refractivity contribution in [2.75, 3.05) is 18.4 Å². The number of benzene rings is 1. The number of carbonyl (C=O) groups excluding carboxylic acids is 1. The molecule has 20 heavy (non-hydrogen) atoms. The van der Waals surface area contributed by atoms with Crippen LogP contribution < -0.4 is 5.32 Å². The maximum absolute atomic E-state index is 12.1. The van der Waals surface area contributed by atoms with Crippen LogP contribution in [0.1, 0.15) is 36.0 Å². The molecule has 2 amide bonds. The van der Waals surface area contributed by atoms with Crippen LogP contribution in [0.2, 0.25) is 0 Å². The number of hydrogen-bond donors (Lipinski definition) is 2. The molecular formula is C14H17BrN2O3. The number of nitrogens with zero attached hydrogens (tertiary/aromatic N) is 1. The largest absolute Gasteiger partial charge is 0.478 e. The number of nitrogens with one attached hydrogen (secondary N) is 1. The molecule has 2 N–H and O–H groups in total. The van der Waals surface area contributed by atoms with E-state index in [1.54, 1.807) is 17.0 Å². The average Bonchev–Trinajstić information content (AvgIpc) is 2.69. The zero-order valence-corrected chi connectivity index (χ0v) is 12.6. The molecule has 1 aliphatic heterocycles. The molecule has 1 heterocycles. The predicted molar refractivity (Wildman–Crippen MR) is 80.2 cm³/mol. The van der Waals surface area contributed by atoms with Crippen molar-refractivity contribution in [2.24, 2.45) is 0 Å². The van der Waals surface area contributed by atoms with Gasteiger partial charge in [0.25, 0.3) is 0 Å². The molecule has 1 fully saturated rings. The number of carbonyl (C=O) groups is 2. The van der Waals surface area contributed by atoms with Crippen LogP contribution in [-0.2, 0) is 0 Å². The summed E-state index contributed by atoms with van der Waals surface area (Å²) in [6.07, 6.45) is 4.36. The molecule has 0 unspecified atom stereocenters. The summed E-state index contributed by atoms with van der Waals surface area (Å²) in [6.45, 7) is 1.52. The molecule has 0 radical (unpaired) electrons. The van der Waals surface area contributed by atoms with Crippen LogP contribution in [-0.4, -0.2) is 35.1 Å². The Labute approximate surface area is 126 Å². The first-order chi connectivity index (χ1) is 9.58. The van der Waals surface area contributed by atoms with Crippen molar-refractivity contribution < 1.29 is 14.7 Å². The van der Waals surface area contributed by atoms with E-state index in [0.717, 1.165) is 38.8 Å². The molecule has 0 bridgehead atoms. The van der Waals surface area contributed by atoms with E-state index in [0.29, 0.717) is 10.2 Å². The number of halogens is 1. The molecule has 0 saturated carbocycles. The van der Waals surface area contributed by atoms with Gasteiger partial charge in [-0.15, -0.1) is 0 Å². The number of anilines is 1. The number of hydrogen-bond acceptors (Lipinski definition) is 2. The third-order valence-corrected chi connectivity index (χ3v) is 4.03. The molecule has 0 aliphatic carbocycles. The van der Waals surface area contributed by atoms with Gasteiger partial charge in [-0.05, 0) is 47.0 Å². The summed E-state index contributed by atoms with van der Waals surface area (Å²) in [5.41, 5.74) is 0.638. The summed E-state index contributed by atoms with van der Waals surface area (Å²) in [4.78, 5) is 25.0. The highest BCUT2D eigenvalue weighted by atomic mass is 79.9. The quantitative estimate of drug-likeness (QED) is 0.864. The van der Waals surface area contributed by atoms with Crippen LogP contribution in [0.3, 0.4) is 0 Å². The van der Waals surface area contributed by atoms with Crippen molar-refractivity contribution in [3.63, 3.8) is 0 Å². The van der Waals surface area contributed by atoms with Crippen LogP contribution in [0.25, 0.3) is 0 Å². The molecule has 6 heteroatoms. The molecule has 1 aromatic rings. The molecule has 1 aliphatic rings. The maximum Gasteiger partial charge on any atom is 0.336 e. The molecule has 108 valence electrons. The lowest BCUT2D eigenvalue weighted by Crippen LogP contribution is -2.35. The molecular weight excluding hydrogens is 324 g/mol. The first-order valence-corrected chi connectivity index (χ1v) is 7.46. The number of amides is 2. The third kappa shape index (κ3) is 3.72. The molecule has 1 aromatic carbocycles. The van der Waals surface area contributed by atoms with Gasteiger partial charge in [0.05, 0.1) is 5.56 Å². The van der Waals surface area contributed by atoms with E-state index in [9.17, 15) is 9.59 Å². The Kier molecular flexibility index (Phi) is 5.00. The van der Waals surface area contributed by atoms with Gasteiger partial charge in [-0.3, -0.25) is 0 Å². The Balaban J connectivity index is 2.07. The van der Waals surface area contributed by atoms with Crippen LogP contribution in [0.15, 0.2) is 22.7 Å². The molecule has 2 rings (SSSR count). The number of carboxylic acid groups (broad SMARTS) is 1. The third-order valence-electron chi connectivity index (χ3n) is 3.34. The molecule has 0 spiro atoms. The highest BCUT2D eigenvalue weighted by Gasteiger charge is 2.16. The van der Waals surface area contributed by atoms with Crippen LogP contribution in [0.4, 0.5) is 10.5 Å². The summed E-state index contributed by atoms with van der Waals surface area (Å²) < 4.78 is 0.498. The number of carboxylic acids is 1. The Morgan fingerprint density at radius 3 is 2.40 bits per heavy atom. The smallest absolute Gasteiger partial charge is 0.336 e. The fourth-order valence-electron chi connectivity index (χ4n) is 2.24. The van der Waals surface area contributed by atoms with E-state index < -0.39 is 5.97 Å². The number of rotatable bonds is 2. The average molecular weight is 341 g/mol. The summed E-state index contributed by atoms with van der Waals surface area (Å²) in [7, 11) is 0. The van der Waals surface area contributed by atoms with Gasteiger partial charge in [-0.25, -0.2) is 9.59 Å². The van der Waals surface area contributed by atoms with Gasteiger partial charge >= 0.3 is 12.0 Å². The van der Waals surface area contributed by atoms with Crippen LogP contribution >= 0.6 is 15.9 Å². The van der Waals surface area contributed by atoms with Gasteiger partial charge < -0.3 is 15.3 Å². The van der Waals surface area contributed by atoms with Gasteiger partial charge in [0.15, 0.2) is 0 Å². The van der Waals surface area contributed by atoms with Gasteiger partial charge in [0.2, 0.25) is 0 Å². The van der Waals surface area contributed by atoms with E-state index in [1.807, 2.05) is 0 Å². The van der Waals surface area contributed by atoms with E-state index in [4.69, 9.17) is 5.11 Å². The SMILES string of the molecule is O=C(O)c1cc(NC(=O)N2CCCCCC2)ccc1Br. The summed E-state index contributed by atoms with van der Waals surface area (Å²) in [5, 5.41) is 11.8. The van der Waals surface area contributed by atoms with Gasteiger partial charge in [0.1, 0.15) is 0 Å². The highest BCUT2D eigenvalue weighted by molar-refractivity contribution is 9.10. The Morgan fingerprint density at radius 2 is 1.80 bits per heavy atom. The van der Waals surface area contributed by atoms with Gasteiger partial charge in [-0.2, -0.15) is 0 Å². The zero-order chi connectivity index (χ0) is 14.5. The monoisotopic (exact) mass is 340 g/mol. The van der Waals surface area contributed by atoms with Crippen LogP contribution in [0.5, 0.6) is 0 Å². The Hall–Kier alpha value is -1.56. The lowest BCUT2D eigenvalue weighted by Gasteiger charge is -2.21. The molecule has 5 nitrogen and oxygen atoms in total. The highest BCUT2D eigenvalue weighted by Crippen LogP contribution is 2.21. The number of urea groups is 1. The van der Waals surface area contributed by atoms with E-state index in [-0.39, 0.29) is 11.6 Å². The fraction of sp³-hybridized carbons (Fsp3) is 0.429. The number of likely N-dealkylation sites (tertiary alicyclic amines) is 1. The van der Waals surface area contributed by atoms with Crippen LogP contribution in [0, 0.1) is 0 Å².